The van der Waals surface area contributed by atoms with Crippen molar-refractivity contribution in [1.29, 1.82) is 0 Å². The van der Waals surface area contributed by atoms with Crippen LogP contribution in [0.4, 0.5) is 0 Å². The average molecular weight is 289 g/mol. The molecule has 2 unspecified atom stereocenters. The van der Waals surface area contributed by atoms with Gasteiger partial charge in [-0.1, -0.05) is 25.1 Å². The Morgan fingerprint density at radius 3 is 2.47 bits per heavy atom. The minimum atomic E-state index is -1.06. The Morgan fingerprint density at radius 1 is 1.35 bits per heavy atom. The Labute approximate surface area is 113 Å². The fourth-order valence-corrected chi connectivity index (χ4v) is 7.93. The predicted molar refractivity (Wildman–Crippen MR) is 76.2 cm³/mol. The third-order valence-electron chi connectivity index (χ3n) is 2.62. The summed E-state index contributed by atoms with van der Waals surface area (Å²) in [4.78, 5) is 1.04. The first-order chi connectivity index (χ1) is 8.59. The lowest BCUT2D eigenvalue weighted by Crippen LogP contribution is -2.27. The fraction of sp³-hybridized carbons (Fsp3) is 0.500. The van der Waals surface area contributed by atoms with E-state index in [9.17, 15) is 8.42 Å². The summed E-state index contributed by atoms with van der Waals surface area (Å²) in [6.45, 7) is 1.79. The standard InChI is InChI=1S/C12H16O2S3/c1-2-11(12-16(13)8-9-17(12)14)15-10-6-4-3-5-7-10/h3-7,11-12H,2,8-9H2,1H3/t11?,16-,17-/m0/s1/i2D/t2?,11?,16-,17-. The molecular formula is C12H16O2S3. The normalized spacial score (nSPS) is 29.8. The van der Waals surface area contributed by atoms with Crippen LogP contribution >= 0.6 is 11.8 Å². The van der Waals surface area contributed by atoms with Crippen LogP contribution in [0.1, 0.15) is 14.7 Å². The van der Waals surface area contributed by atoms with Crippen molar-refractivity contribution in [2.45, 2.75) is 28.0 Å². The van der Waals surface area contributed by atoms with Gasteiger partial charge < -0.3 is 0 Å². The van der Waals surface area contributed by atoms with Crippen LogP contribution in [0.3, 0.4) is 0 Å². The molecule has 1 aromatic rings. The van der Waals surface area contributed by atoms with E-state index in [1.807, 2.05) is 30.3 Å². The second kappa shape index (κ2) is 6.16. The zero-order valence-electron chi connectivity index (χ0n) is 10.6. The van der Waals surface area contributed by atoms with E-state index < -0.39 is 21.6 Å². The van der Waals surface area contributed by atoms with Crippen molar-refractivity contribution in [3.05, 3.63) is 30.3 Å². The molecule has 0 radical (unpaired) electrons. The molecule has 0 bridgehead atoms. The summed E-state index contributed by atoms with van der Waals surface area (Å²) in [5.41, 5.74) is 0. The van der Waals surface area contributed by atoms with E-state index in [1.54, 1.807) is 6.92 Å². The summed E-state index contributed by atoms with van der Waals surface area (Å²) in [6.07, 6.45) is -0.383. The highest BCUT2D eigenvalue weighted by molar-refractivity contribution is 8.09. The summed E-state index contributed by atoms with van der Waals surface area (Å²) < 4.78 is 31.5. The maximum absolute atomic E-state index is 11.9. The molecule has 2 rings (SSSR count). The molecule has 94 valence electrons. The molecule has 0 aliphatic carbocycles. The Hall–Kier alpha value is -0.130. The predicted octanol–water partition coefficient (Wildman–Crippen LogP) is 2.39. The quantitative estimate of drug-likeness (QED) is 0.798. The van der Waals surface area contributed by atoms with E-state index in [-0.39, 0.29) is 16.2 Å². The minimum Gasteiger partial charge on any atom is -0.258 e. The van der Waals surface area contributed by atoms with Gasteiger partial charge in [-0.25, -0.2) is 0 Å². The van der Waals surface area contributed by atoms with Gasteiger partial charge in [0.05, 0.1) is 0 Å². The fourth-order valence-electron chi connectivity index (χ4n) is 1.75. The van der Waals surface area contributed by atoms with Gasteiger partial charge in [-0.2, -0.15) is 0 Å². The highest BCUT2D eigenvalue weighted by Gasteiger charge is 2.36. The minimum absolute atomic E-state index is 0.170. The van der Waals surface area contributed by atoms with E-state index in [0.717, 1.165) is 4.90 Å². The van der Waals surface area contributed by atoms with Crippen LogP contribution in [0.5, 0.6) is 0 Å². The largest absolute Gasteiger partial charge is 0.258 e. The van der Waals surface area contributed by atoms with E-state index in [1.165, 1.54) is 11.8 Å². The zero-order chi connectivity index (χ0) is 13.1. The van der Waals surface area contributed by atoms with Crippen molar-refractivity contribution in [3.63, 3.8) is 0 Å². The molecule has 17 heavy (non-hydrogen) atoms. The van der Waals surface area contributed by atoms with E-state index >= 15 is 0 Å². The van der Waals surface area contributed by atoms with Gasteiger partial charge in [-0.05, 0) is 18.5 Å². The van der Waals surface area contributed by atoms with Crippen LogP contribution < -0.4 is 0 Å². The molecule has 2 nitrogen and oxygen atoms in total. The van der Waals surface area contributed by atoms with Crippen molar-refractivity contribution in [3.8, 4) is 0 Å². The Balaban J connectivity index is 2.19. The van der Waals surface area contributed by atoms with Crippen molar-refractivity contribution >= 4 is 33.4 Å². The number of rotatable bonds is 4. The third kappa shape index (κ3) is 3.20. The maximum atomic E-state index is 11.9. The zero-order valence-corrected chi connectivity index (χ0v) is 12.0. The van der Waals surface area contributed by atoms with Crippen LogP contribution in [0.15, 0.2) is 35.2 Å². The molecule has 0 amide bonds. The Morgan fingerprint density at radius 2 is 1.94 bits per heavy atom. The molecule has 1 saturated heterocycles. The molecule has 1 heterocycles. The summed E-state index contributed by atoms with van der Waals surface area (Å²) in [7, 11) is -2.11. The van der Waals surface area contributed by atoms with E-state index in [2.05, 4.69) is 0 Å². The molecule has 4 atom stereocenters. The summed E-state index contributed by atoms with van der Waals surface area (Å²) >= 11 is 1.53. The van der Waals surface area contributed by atoms with E-state index in [0.29, 0.717) is 11.5 Å². The van der Waals surface area contributed by atoms with Gasteiger partial charge in [0.2, 0.25) is 0 Å². The maximum Gasteiger partial charge on any atom is 0.122 e. The molecule has 1 fully saturated rings. The molecule has 0 saturated carbocycles. The lowest BCUT2D eigenvalue weighted by atomic mass is 10.4. The lowest BCUT2D eigenvalue weighted by molar-refractivity contribution is 0.671. The average Bonchev–Trinajstić information content (AvgIpc) is 2.67. The molecule has 1 aliphatic heterocycles. The Kier molecular flexibility index (Phi) is 4.32. The van der Waals surface area contributed by atoms with Gasteiger partial charge in [0.25, 0.3) is 0 Å². The van der Waals surface area contributed by atoms with Gasteiger partial charge in [0, 0.05) is 44.6 Å². The second-order valence-electron chi connectivity index (χ2n) is 3.77. The van der Waals surface area contributed by atoms with Crippen LogP contribution in [-0.2, 0) is 21.6 Å². The summed E-state index contributed by atoms with van der Waals surface area (Å²) in [5.74, 6) is 1.02. The van der Waals surface area contributed by atoms with Crippen molar-refractivity contribution in [1.82, 2.24) is 0 Å². The van der Waals surface area contributed by atoms with Gasteiger partial charge in [0.1, 0.15) is 4.58 Å². The van der Waals surface area contributed by atoms with E-state index in [4.69, 9.17) is 1.37 Å². The van der Waals surface area contributed by atoms with Crippen LogP contribution in [0, 0.1) is 0 Å². The molecular weight excluding hydrogens is 272 g/mol. The Bertz CT molecular complexity index is 434. The van der Waals surface area contributed by atoms with Crippen molar-refractivity contribution < 1.29 is 9.79 Å². The summed E-state index contributed by atoms with van der Waals surface area (Å²) in [6, 6.07) is 9.77. The van der Waals surface area contributed by atoms with Gasteiger partial charge >= 0.3 is 0 Å². The first-order valence-corrected chi connectivity index (χ1v) is 9.12. The molecule has 0 N–H and O–H groups in total. The third-order valence-corrected chi connectivity index (χ3v) is 8.70. The van der Waals surface area contributed by atoms with Crippen molar-refractivity contribution in [2.75, 3.05) is 11.5 Å². The van der Waals surface area contributed by atoms with Gasteiger partial charge in [0.15, 0.2) is 0 Å². The number of hydrogen-bond acceptors (Lipinski definition) is 3. The molecule has 0 aromatic heterocycles. The number of thioether (sulfide) groups is 1. The van der Waals surface area contributed by atoms with Crippen LogP contribution in [0.25, 0.3) is 0 Å². The number of hydrogen-bond donors (Lipinski definition) is 0. The van der Waals surface area contributed by atoms with Crippen LogP contribution in [-0.4, -0.2) is 29.8 Å². The topological polar surface area (TPSA) is 34.1 Å². The smallest absolute Gasteiger partial charge is 0.122 e. The van der Waals surface area contributed by atoms with Gasteiger partial charge in [-0.15, -0.1) is 11.8 Å². The molecule has 1 aromatic carbocycles. The number of benzene rings is 1. The molecule has 5 heteroatoms. The summed E-state index contributed by atoms with van der Waals surface area (Å²) in [5, 5.41) is -0.170. The highest BCUT2D eigenvalue weighted by Crippen LogP contribution is 2.33. The second-order valence-corrected chi connectivity index (χ2v) is 8.67. The first kappa shape index (κ1) is 11.9. The highest BCUT2D eigenvalue weighted by atomic mass is 32.3. The molecule has 1 aliphatic rings. The van der Waals surface area contributed by atoms with Crippen LogP contribution in [0.2, 0.25) is 0 Å². The first-order valence-electron chi connectivity index (χ1n) is 6.05. The van der Waals surface area contributed by atoms with Crippen molar-refractivity contribution in [2.24, 2.45) is 0 Å². The SMILES string of the molecule is [2H]C(C)C(Sc1ccccc1)C1[S@@](=O)CC[S@@]1=O. The monoisotopic (exact) mass is 289 g/mol. The molecule has 0 spiro atoms. The lowest BCUT2D eigenvalue weighted by Gasteiger charge is -2.19. The van der Waals surface area contributed by atoms with Gasteiger partial charge in [-0.3, -0.25) is 8.42 Å².